The number of nitrogens with zero attached hydrogens (tertiary/aromatic N) is 2. The molecule has 2 atom stereocenters. The van der Waals surface area contributed by atoms with Gasteiger partial charge in [0.2, 0.25) is 0 Å². The minimum atomic E-state index is -3.23. The second-order valence-electron chi connectivity index (χ2n) is 20.3. The summed E-state index contributed by atoms with van der Waals surface area (Å²) in [5, 5.41) is 3.76. The zero-order chi connectivity index (χ0) is 49.4. The molecule has 0 aliphatic rings. The number of carbonyl (C=O) groups is 1. The third-order valence-electron chi connectivity index (χ3n) is 13.2. The minimum absolute atomic E-state index is 0.00974. The monoisotopic (exact) mass is 962 g/mol. The topological polar surface area (TPSA) is 62.6 Å². The molecule has 7 rings (SSSR count). The van der Waals surface area contributed by atoms with Gasteiger partial charge in [-0.2, -0.15) is 0 Å². The van der Waals surface area contributed by atoms with E-state index in [1.54, 1.807) is 24.3 Å². The Balaban J connectivity index is 1.45. The van der Waals surface area contributed by atoms with Gasteiger partial charge in [0.15, 0.2) is 0 Å². The quantitative estimate of drug-likeness (QED) is 0.0597. The average Bonchev–Trinajstić information content (AvgIpc) is 3.72. The van der Waals surface area contributed by atoms with Crippen LogP contribution in [-0.2, 0) is 24.9 Å². The summed E-state index contributed by atoms with van der Waals surface area (Å²) in [6.07, 6.45) is -0.211. The summed E-state index contributed by atoms with van der Waals surface area (Å²) < 4.78 is 53.1. The molecule has 6 aromatic carbocycles. The average molecular weight is 963 g/mol. The zero-order valence-electron chi connectivity index (χ0n) is 41.7. The lowest BCUT2D eigenvalue weighted by molar-refractivity contribution is -0.145. The predicted octanol–water partition coefficient (Wildman–Crippen LogP) is 12.2. The van der Waals surface area contributed by atoms with Gasteiger partial charge in [-0.1, -0.05) is 177 Å². The second-order valence-corrected chi connectivity index (χ2v) is 28.8. The Hall–Kier alpha value is -5.79. The number of rotatable bonds is 19. The Kier molecular flexibility index (Phi) is 16.2. The zero-order valence-corrected chi connectivity index (χ0v) is 43.7. The van der Waals surface area contributed by atoms with Crippen LogP contribution in [0.1, 0.15) is 93.3 Å². The van der Waals surface area contributed by atoms with Crippen LogP contribution in [0, 0.1) is 11.6 Å². The van der Waals surface area contributed by atoms with E-state index >= 15 is 0 Å². The number of ether oxygens (including phenoxy) is 1. The molecule has 0 bridgehead atoms. The lowest BCUT2D eigenvalue weighted by atomic mass is 10.0. The normalized spacial score (nSPS) is 13.3. The summed E-state index contributed by atoms with van der Waals surface area (Å²) in [6, 6.07) is 55.1. The molecule has 0 saturated heterocycles. The molecule has 0 spiro atoms. The highest BCUT2D eigenvalue weighted by Crippen LogP contribution is 2.42. The highest BCUT2D eigenvalue weighted by atomic mass is 28.4. The summed E-state index contributed by atoms with van der Waals surface area (Å²) in [5.74, 6) is -0.186. The first-order valence-corrected chi connectivity index (χ1v) is 28.2. The second kappa shape index (κ2) is 21.9. The minimum Gasteiger partial charge on any atom is -0.466 e. The van der Waals surface area contributed by atoms with Crippen molar-refractivity contribution in [3.63, 3.8) is 0 Å². The van der Waals surface area contributed by atoms with Gasteiger partial charge in [0.25, 0.3) is 16.6 Å². The Bertz CT molecular complexity index is 2640. The molecule has 0 saturated carbocycles. The lowest BCUT2D eigenvalue weighted by Crippen LogP contribution is -2.69. The molecular formula is C59H68F2N2O4Si2. The Morgan fingerprint density at radius 2 is 0.971 bits per heavy atom. The van der Waals surface area contributed by atoms with E-state index in [0.29, 0.717) is 25.1 Å². The van der Waals surface area contributed by atoms with Gasteiger partial charge in [0.1, 0.15) is 17.5 Å². The van der Waals surface area contributed by atoms with E-state index in [4.69, 9.17) is 18.6 Å². The first-order valence-electron chi connectivity index (χ1n) is 24.3. The largest absolute Gasteiger partial charge is 0.466 e. The van der Waals surface area contributed by atoms with Crippen molar-refractivity contribution < 1.29 is 27.2 Å². The van der Waals surface area contributed by atoms with E-state index in [2.05, 4.69) is 157 Å². The molecule has 0 aliphatic heterocycles. The van der Waals surface area contributed by atoms with Gasteiger partial charge >= 0.3 is 5.97 Å². The predicted molar refractivity (Wildman–Crippen MR) is 283 cm³/mol. The maximum atomic E-state index is 14.6. The van der Waals surface area contributed by atoms with Crippen LogP contribution >= 0.6 is 0 Å². The van der Waals surface area contributed by atoms with E-state index in [1.807, 2.05) is 31.2 Å². The van der Waals surface area contributed by atoms with Gasteiger partial charge in [0, 0.05) is 29.7 Å². The molecule has 0 radical (unpaired) electrons. The molecule has 7 aromatic rings. The number of hydrogen-bond acceptors (Lipinski definition) is 5. The van der Waals surface area contributed by atoms with Gasteiger partial charge in [-0.15, -0.1) is 0 Å². The molecule has 360 valence electrons. The van der Waals surface area contributed by atoms with E-state index in [-0.39, 0.29) is 46.6 Å². The number of hydrogen-bond donors (Lipinski definition) is 0. The van der Waals surface area contributed by atoms with Crippen LogP contribution in [0.2, 0.25) is 10.1 Å². The summed E-state index contributed by atoms with van der Waals surface area (Å²) in [4.78, 5) is 19.3. The number of benzene rings is 6. The maximum Gasteiger partial charge on any atom is 0.308 e. The van der Waals surface area contributed by atoms with E-state index in [0.717, 1.165) is 43.4 Å². The molecule has 69 heavy (non-hydrogen) atoms. The Labute approximate surface area is 411 Å². The summed E-state index contributed by atoms with van der Waals surface area (Å²) in [5.41, 5.74) is 3.03. The van der Waals surface area contributed by atoms with E-state index in [9.17, 15) is 13.6 Å². The van der Waals surface area contributed by atoms with Crippen LogP contribution in [0.3, 0.4) is 0 Å². The third kappa shape index (κ3) is 11.2. The van der Waals surface area contributed by atoms with Crippen molar-refractivity contribution >= 4 is 43.4 Å². The standard InChI is InChI=1S/C59H68F2N2O4Si2/c1-10-65-54(64)42-49(67-69(59(7,8)9,52-27-19-13-20-28-52)53-29-21-14-22-30-53)41-48(66-68(58(4,5)6,50-23-15-11-16-24-50)51-25-17-12-18-26-51)39-40-63-56(45-33-37-47(61)38-34-45)55(62-57(63)43(2)3)44-31-35-46(60)36-32-44/h11-38,43,48-49H,10,39-42H2,1-9H3. The highest BCUT2D eigenvalue weighted by Gasteiger charge is 2.54. The van der Waals surface area contributed by atoms with Crippen LogP contribution < -0.4 is 20.7 Å². The maximum absolute atomic E-state index is 14.6. The van der Waals surface area contributed by atoms with Crippen molar-refractivity contribution in [3.05, 3.63) is 187 Å². The molecule has 2 unspecified atom stereocenters. The fraction of sp³-hybridized carbons (Fsp3) is 0.322. The van der Waals surface area contributed by atoms with Crippen LogP contribution in [0.15, 0.2) is 170 Å². The van der Waals surface area contributed by atoms with Gasteiger partial charge in [-0.3, -0.25) is 4.79 Å². The molecular weight excluding hydrogens is 895 g/mol. The molecule has 1 aromatic heterocycles. The number of carbonyl (C=O) groups excluding carboxylic acids is 1. The number of imidazole rings is 1. The number of halogens is 2. The number of aromatic nitrogens is 2. The molecule has 0 amide bonds. The first-order chi connectivity index (χ1) is 33.0. The van der Waals surface area contributed by atoms with Gasteiger partial charge in [-0.05, 0) is 99.1 Å². The van der Waals surface area contributed by atoms with Crippen molar-refractivity contribution in [1.29, 1.82) is 0 Å². The molecule has 1 heterocycles. The van der Waals surface area contributed by atoms with Crippen molar-refractivity contribution in [1.82, 2.24) is 9.55 Å². The van der Waals surface area contributed by atoms with Crippen molar-refractivity contribution in [3.8, 4) is 22.5 Å². The summed E-state index contributed by atoms with van der Waals surface area (Å²) in [7, 11) is -6.45. The Morgan fingerprint density at radius 1 is 0.580 bits per heavy atom. The summed E-state index contributed by atoms with van der Waals surface area (Å²) in [6.45, 7) is 20.4. The van der Waals surface area contributed by atoms with Gasteiger partial charge in [-0.25, -0.2) is 13.8 Å². The van der Waals surface area contributed by atoms with Crippen LogP contribution in [0.4, 0.5) is 8.78 Å². The van der Waals surface area contributed by atoms with Crippen LogP contribution in [0.5, 0.6) is 0 Å². The van der Waals surface area contributed by atoms with E-state index in [1.165, 1.54) is 24.3 Å². The molecule has 0 N–H and O–H groups in total. The molecule has 6 nitrogen and oxygen atoms in total. The van der Waals surface area contributed by atoms with Gasteiger partial charge in [0.05, 0.1) is 30.5 Å². The SMILES string of the molecule is CCOC(=O)CC(CC(CCn1c(C(C)C)nc(-c2ccc(F)cc2)c1-c1ccc(F)cc1)O[Si](c1ccccc1)(c1ccccc1)C(C)(C)C)O[Si](c1ccccc1)(c1ccccc1)C(C)(C)C. The van der Waals surface area contributed by atoms with E-state index < -0.39 is 28.8 Å². The van der Waals surface area contributed by atoms with Crippen LogP contribution in [-0.4, -0.2) is 51.0 Å². The number of esters is 1. The molecule has 0 aliphatic carbocycles. The van der Waals surface area contributed by atoms with Crippen molar-refractivity contribution in [2.45, 2.75) is 116 Å². The highest BCUT2D eigenvalue weighted by molar-refractivity contribution is 7.00. The summed E-state index contributed by atoms with van der Waals surface area (Å²) >= 11 is 0. The van der Waals surface area contributed by atoms with Crippen LogP contribution in [0.25, 0.3) is 22.5 Å². The Morgan fingerprint density at radius 3 is 1.35 bits per heavy atom. The van der Waals surface area contributed by atoms with Crippen molar-refractivity contribution in [2.75, 3.05) is 6.61 Å². The van der Waals surface area contributed by atoms with Crippen molar-refractivity contribution in [2.24, 2.45) is 0 Å². The fourth-order valence-electron chi connectivity index (χ4n) is 10.1. The lowest BCUT2D eigenvalue weighted by Gasteiger charge is -2.47. The first kappa shape index (κ1) is 51.1. The fourth-order valence-corrected chi connectivity index (χ4v) is 19.5. The third-order valence-corrected chi connectivity index (χ3v) is 23.4. The van der Waals surface area contributed by atoms with Gasteiger partial charge < -0.3 is 18.2 Å². The molecule has 10 heteroatoms. The molecule has 0 fully saturated rings. The smallest absolute Gasteiger partial charge is 0.308 e.